The second kappa shape index (κ2) is 8.35. The van der Waals surface area contributed by atoms with Crippen molar-refractivity contribution in [3.63, 3.8) is 0 Å². The third-order valence-corrected chi connectivity index (χ3v) is 2.74. The van der Waals surface area contributed by atoms with E-state index in [1.54, 1.807) is 4.90 Å². The Kier molecular flexibility index (Phi) is 8.00. The number of nitrogens with one attached hydrogen (secondary N) is 1. The van der Waals surface area contributed by atoms with Gasteiger partial charge in [-0.3, -0.25) is 0 Å². The molecule has 18 heavy (non-hydrogen) atoms. The molecule has 0 aromatic heterocycles. The van der Waals surface area contributed by atoms with Crippen LogP contribution in [-0.2, 0) is 4.74 Å². The molecule has 0 fully saturated rings. The van der Waals surface area contributed by atoms with E-state index >= 15 is 0 Å². The monoisotopic (exact) mass is 258 g/mol. The molecule has 0 aromatic rings. The lowest BCUT2D eigenvalue weighted by Gasteiger charge is -2.26. The van der Waals surface area contributed by atoms with Crippen molar-refractivity contribution in [2.24, 2.45) is 0 Å². The van der Waals surface area contributed by atoms with Crippen LogP contribution >= 0.6 is 0 Å². The zero-order chi connectivity index (χ0) is 14.2. The Hall–Kier alpha value is -0.770. The Labute approximate surface area is 112 Å². The lowest BCUT2D eigenvalue weighted by molar-refractivity contribution is 0.0258. The first-order chi connectivity index (χ1) is 8.30. The van der Waals surface area contributed by atoms with E-state index < -0.39 is 5.60 Å². The fourth-order valence-corrected chi connectivity index (χ4v) is 1.47. The largest absolute Gasteiger partial charge is 0.444 e. The molecule has 0 saturated heterocycles. The molecule has 0 radical (unpaired) electrons. The molecule has 0 rings (SSSR count). The number of rotatable bonds is 7. The summed E-state index contributed by atoms with van der Waals surface area (Å²) in [5, 5.41) is 3.42. The highest BCUT2D eigenvalue weighted by atomic mass is 16.6. The van der Waals surface area contributed by atoms with Crippen LogP contribution in [0.4, 0.5) is 4.79 Å². The summed E-state index contributed by atoms with van der Waals surface area (Å²) in [5.74, 6) is 0. The number of amides is 1. The van der Waals surface area contributed by atoms with Crippen molar-refractivity contribution in [2.45, 2.75) is 66.0 Å². The highest BCUT2D eigenvalue weighted by molar-refractivity contribution is 5.68. The second-order valence-corrected chi connectivity index (χ2v) is 5.68. The molecule has 4 heteroatoms. The van der Waals surface area contributed by atoms with Crippen molar-refractivity contribution in [3.8, 4) is 0 Å². The van der Waals surface area contributed by atoms with Crippen molar-refractivity contribution >= 4 is 6.09 Å². The minimum Gasteiger partial charge on any atom is -0.444 e. The van der Waals surface area contributed by atoms with Crippen LogP contribution in [0.25, 0.3) is 0 Å². The van der Waals surface area contributed by atoms with Gasteiger partial charge in [0.2, 0.25) is 0 Å². The van der Waals surface area contributed by atoms with E-state index in [1.165, 1.54) is 0 Å². The zero-order valence-corrected chi connectivity index (χ0v) is 12.9. The third-order valence-electron chi connectivity index (χ3n) is 2.74. The van der Waals surface area contributed by atoms with Gasteiger partial charge < -0.3 is 15.0 Å². The maximum absolute atomic E-state index is 11.9. The molecule has 0 aromatic carbocycles. The Morgan fingerprint density at radius 2 is 1.94 bits per heavy atom. The van der Waals surface area contributed by atoms with Crippen LogP contribution in [0.15, 0.2) is 0 Å². The lowest BCUT2D eigenvalue weighted by Crippen LogP contribution is -2.38. The smallest absolute Gasteiger partial charge is 0.410 e. The first kappa shape index (κ1) is 17.2. The van der Waals surface area contributed by atoms with Crippen molar-refractivity contribution in [1.29, 1.82) is 0 Å². The van der Waals surface area contributed by atoms with Crippen LogP contribution in [0.1, 0.15) is 54.4 Å². The highest BCUT2D eigenvalue weighted by Crippen LogP contribution is 2.09. The standard InChI is InChI=1S/C14H30N2O2/c1-7-12(3)15-10-9-11-16(8-2)13(17)18-14(4,5)6/h12,15H,7-11H2,1-6H3. The van der Waals surface area contributed by atoms with Gasteiger partial charge in [0.15, 0.2) is 0 Å². The van der Waals surface area contributed by atoms with Gasteiger partial charge in [-0.2, -0.15) is 0 Å². The summed E-state index contributed by atoms with van der Waals surface area (Å²) < 4.78 is 5.36. The molecule has 0 spiro atoms. The van der Waals surface area contributed by atoms with Gasteiger partial charge in [0.05, 0.1) is 0 Å². The highest BCUT2D eigenvalue weighted by Gasteiger charge is 2.20. The van der Waals surface area contributed by atoms with Gasteiger partial charge in [-0.1, -0.05) is 6.92 Å². The summed E-state index contributed by atoms with van der Waals surface area (Å²) in [7, 11) is 0. The first-order valence-corrected chi connectivity index (χ1v) is 7.01. The molecule has 0 heterocycles. The summed E-state index contributed by atoms with van der Waals surface area (Å²) in [6.45, 7) is 14.4. The Morgan fingerprint density at radius 3 is 2.39 bits per heavy atom. The van der Waals surface area contributed by atoms with Crippen LogP contribution in [0.3, 0.4) is 0 Å². The normalized spacial score (nSPS) is 13.2. The Balaban J connectivity index is 3.93. The van der Waals surface area contributed by atoms with Crippen LogP contribution in [0.2, 0.25) is 0 Å². The molecule has 4 nitrogen and oxygen atoms in total. The molecule has 1 unspecified atom stereocenters. The maximum Gasteiger partial charge on any atom is 0.410 e. The summed E-state index contributed by atoms with van der Waals surface area (Å²) in [6.07, 6.45) is 1.87. The SMILES string of the molecule is CCC(C)NCCCN(CC)C(=O)OC(C)(C)C. The predicted octanol–water partition coefficient (Wildman–Crippen LogP) is 3.02. The van der Waals surface area contributed by atoms with Crippen LogP contribution in [0, 0.1) is 0 Å². The van der Waals surface area contributed by atoms with Crippen molar-refractivity contribution in [1.82, 2.24) is 10.2 Å². The molecule has 1 amide bonds. The fourth-order valence-electron chi connectivity index (χ4n) is 1.47. The fraction of sp³-hybridized carbons (Fsp3) is 0.929. The molecule has 108 valence electrons. The quantitative estimate of drug-likeness (QED) is 0.714. The molecule has 0 aliphatic rings. The molecule has 0 aliphatic carbocycles. The average Bonchev–Trinajstić information content (AvgIpc) is 2.26. The number of hydrogen-bond acceptors (Lipinski definition) is 3. The summed E-state index contributed by atoms with van der Waals surface area (Å²) in [4.78, 5) is 13.6. The molecular weight excluding hydrogens is 228 g/mol. The van der Waals surface area contributed by atoms with Gasteiger partial charge in [-0.25, -0.2) is 4.79 Å². The zero-order valence-electron chi connectivity index (χ0n) is 12.9. The van der Waals surface area contributed by atoms with Gasteiger partial charge >= 0.3 is 6.09 Å². The van der Waals surface area contributed by atoms with Crippen molar-refractivity contribution in [2.75, 3.05) is 19.6 Å². The van der Waals surface area contributed by atoms with E-state index in [1.807, 2.05) is 27.7 Å². The van der Waals surface area contributed by atoms with Gasteiger partial charge in [0.1, 0.15) is 5.60 Å². The summed E-state index contributed by atoms with van der Waals surface area (Å²) in [5.41, 5.74) is -0.417. The number of hydrogen-bond donors (Lipinski definition) is 1. The second-order valence-electron chi connectivity index (χ2n) is 5.68. The molecule has 0 aliphatic heterocycles. The van der Waals surface area contributed by atoms with Crippen molar-refractivity contribution in [3.05, 3.63) is 0 Å². The number of carbonyl (C=O) groups excluding carboxylic acids is 1. The van der Waals surface area contributed by atoms with Crippen LogP contribution < -0.4 is 5.32 Å². The van der Waals surface area contributed by atoms with E-state index in [0.717, 1.165) is 25.9 Å². The number of nitrogens with zero attached hydrogens (tertiary/aromatic N) is 1. The Morgan fingerprint density at radius 1 is 1.33 bits per heavy atom. The molecule has 1 atom stereocenters. The van der Waals surface area contributed by atoms with Gasteiger partial charge in [0.25, 0.3) is 0 Å². The topological polar surface area (TPSA) is 41.6 Å². The third kappa shape index (κ3) is 8.34. The van der Waals surface area contributed by atoms with Crippen molar-refractivity contribution < 1.29 is 9.53 Å². The Bertz CT molecular complexity index is 236. The summed E-state index contributed by atoms with van der Waals surface area (Å²) in [6, 6.07) is 0.543. The lowest BCUT2D eigenvalue weighted by atomic mass is 10.2. The van der Waals surface area contributed by atoms with E-state index in [0.29, 0.717) is 12.6 Å². The first-order valence-electron chi connectivity index (χ1n) is 7.01. The van der Waals surface area contributed by atoms with Gasteiger partial charge in [0, 0.05) is 19.1 Å². The minimum absolute atomic E-state index is 0.214. The van der Waals surface area contributed by atoms with Gasteiger partial charge in [-0.05, 0) is 54.0 Å². The average molecular weight is 258 g/mol. The summed E-state index contributed by atoms with van der Waals surface area (Å²) >= 11 is 0. The van der Waals surface area contributed by atoms with E-state index in [-0.39, 0.29) is 6.09 Å². The van der Waals surface area contributed by atoms with E-state index in [9.17, 15) is 4.79 Å². The molecule has 0 bridgehead atoms. The van der Waals surface area contributed by atoms with E-state index in [4.69, 9.17) is 4.74 Å². The predicted molar refractivity (Wildman–Crippen MR) is 75.9 cm³/mol. The number of ether oxygens (including phenoxy) is 1. The van der Waals surface area contributed by atoms with Crippen LogP contribution in [0.5, 0.6) is 0 Å². The van der Waals surface area contributed by atoms with Crippen LogP contribution in [-0.4, -0.2) is 42.3 Å². The van der Waals surface area contributed by atoms with E-state index in [2.05, 4.69) is 19.2 Å². The number of carbonyl (C=O) groups is 1. The van der Waals surface area contributed by atoms with Gasteiger partial charge in [-0.15, -0.1) is 0 Å². The molecule has 0 saturated carbocycles. The molecular formula is C14H30N2O2. The maximum atomic E-state index is 11.9. The molecule has 1 N–H and O–H groups in total. The minimum atomic E-state index is -0.417.